The lowest BCUT2D eigenvalue weighted by molar-refractivity contribution is 0.0963. The van der Waals surface area contributed by atoms with Gasteiger partial charge < -0.3 is 15.8 Å². The van der Waals surface area contributed by atoms with Gasteiger partial charge in [-0.3, -0.25) is 4.79 Å². The van der Waals surface area contributed by atoms with E-state index in [-0.39, 0.29) is 5.91 Å². The number of rotatable bonds is 3. The minimum absolute atomic E-state index is 0.222. The van der Waals surface area contributed by atoms with Gasteiger partial charge >= 0.3 is 0 Å². The molecule has 0 saturated heterocycles. The van der Waals surface area contributed by atoms with Crippen molar-refractivity contribution in [1.29, 1.82) is 5.26 Å². The van der Waals surface area contributed by atoms with E-state index in [0.717, 1.165) is 0 Å². The number of para-hydroxylation sites is 1. The highest BCUT2D eigenvalue weighted by molar-refractivity contribution is 5.95. The predicted octanol–water partition coefficient (Wildman–Crippen LogP) is 2.29. The minimum atomic E-state index is -0.222. The quantitative estimate of drug-likeness (QED) is 0.835. The SMILES string of the molecule is CNC(=O)c1ccc(Oc2ccccc2C#N)c(N)c1. The van der Waals surface area contributed by atoms with Crippen molar-refractivity contribution in [3.8, 4) is 17.6 Å². The summed E-state index contributed by atoms with van der Waals surface area (Å²) in [7, 11) is 1.55. The molecule has 0 aliphatic heterocycles. The van der Waals surface area contributed by atoms with Gasteiger partial charge in [0, 0.05) is 12.6 Å². The summed E-state index contributed by atoms with van der Waals surface area (Å²) in [6.45, 7) is 0. The molecule has 0 radical (unpaired) electrons. The van der Waals surface area contributed by atoms with Gasteiger partial charge in [-0.05, 0) is 30.3 Å². The molecule has 0 aliphatic rings. The average molecular weight is 267 g/mol. The van der Waals surface area contributed by atoms with Gasteiger partial charge in [0.1, 0.15) is 17.6 Å². The minimum Gasteiger partial charge on any atom is -0.454 e. The van der Waals surface area contributed by atoms with Crippen LogP contribution < -0.4 is 15.8 Å². The van der Waals surface area contributed by atoms with Gasteiger partial charge in [0.25, 0.3) is 5.91 Å². The molecular formula is C15H13N3O2. The van der Waals surface area contributed by atoms with Crippen molar-refractivity contribution < 1.29 is 9.53 Å². The highest BCUT2D eigenvalue weighted by Gasteiger charge is 2.09. The fourth-order valence-electron chi connectivity index (χ4n) is 1.69. The molecule has 2 aromatic carbocycles. The summed E-state index contributed by atoms with van der Waals surface area (Å²) in [6.07, 6.45) is 0. The third-order valence-electron chi connectivity index (χ3n) is 2.73. The molecule has 2 rings (SSSR count). The van der Waals surface area contributed by atoms with E-state index in [4.69, 9.17) is 15.7 Å². The van der Waals surface area contributed by atoms with Crippen molar-refractivity contribution in [2.75, 3.05) is 12.8 Å². The third kappa shape index (κ3) is 2.70. The van der Waals surface area contributed by atoms with Crippen LogP contribution in [-0.2, 0) is 0 Å². The Morgan fingerprint density at radius 2 is 2.00 bits per heavy atom. The Balaban J connectivity index is 2.31. The summed E-state index contributed by atoms with van der Waals surface area (Å²) < 4.78 is 5.62. The van der Waals surface area contributed by atoms with Crippen molar-refractivity contribution in [3.05, 3.63) is 53.6 Å². The molecule has 2 aromatic rings. The van der Waals surface area contributed by atoms with E-state index in [2.05, 4.69) is 5.32 Å². The fraction of sp³-hybridized carbons (Fsp3) is 0.0667. The number of nitrogen functional groups attached to an aromatic ring is 1. The summed E-state index contributed by atoms with van der Waals surface area (Å²) in [5.41, 5.74) is 7.07. The van der Waals surface area contributed by atoms with Crippen molar-refractivity contribution >= 4 is 11.6 Å². The molecule has 0 fully saturated rings. The molecule has 0 aromatic heterocycles. The van der Waals surface area contributed by atoms with Crippen LogP contribution in [0.2, 0.25) is 0 Å². The first-order valence-electron chi connectivity index (χ1n) is 5.94. The first kappa shape index (κ1) is 13.4. The van der Waals surface area contributed by atoms with Crippen molar-refractivity contribution in [3.63, 3.8) is 0 Å². The molecule has 1 amide bonds. The zero-order valence-corrected chi connectivity index (χ0v) is 10.9. The maximum absolute atomic E-state index is 11.5. The molecule has 100 valence electrons. The second-order valence-corrected chi connectivity index (χ2v) is 4.04. The lowest BCUT2D eigenvalue weighted by atomic mass is 10.1. The number of benzene rings is 2. The van der Waals surface area contributed by atoms with Gasteiger partial charge in [-0.25, -0.2) is 0 Å². The van der Waals surface area contributed by atoms with Gasteiger partial charge in [0.05, 0.1) is 11.3 Å². The van der Waals surface area contributed by atoms with E-state index in [1.807, 2.05) is 6.07 Å². The summed E-state index contributed by atoms with van der Waals surface area (Å²) in [6, 6.07) is 13.7. The van der Waals surface area contributed by atoms with E-state index in [1.165, 1.54) is 6.07 Å². The van der Waals surface area contributed by atoms with Crippen LogP contribution in [0, 0.1) is 11.3 Å². The smallest absolute Gasteiger partial charge is 0.251 e. The normalized spacial score (nSPS) is 9.60. The van der Waals surface area contributed by atoms with Crippen LogP contribution >= 0.6 is 0 Å². The number of nitriles is 1. The Morgan fingerprint density at radius 1 is 1.25 bits per heavy atom. The second-order valence-electron chi connectivity index (χ2n) is 4.04. The molecule has 0 aliphatic carbocycles. The average Bonchev–Trinajstić information content (AvgIpc) is 2.49. The van der Waals surface area contributed by atoms with Crippen LogP contribution in [-0.4, -0.2) is 13.0 Å². The highest BCUT2D eigenvalue weighted by Crippen LogP contribution is 2.30. The first-order chi connectivity index (χ1) is 9.65. The molecule has 20 heavy (non-hydrogen) atoms. The van der Waals surface area contributed by atoms with Crippen LogP contribution in [0.4, 0.5) is 5.69 Å². The highest BCUT2D eigenvalue weighted by atomic mass is 16.5. The second kappa shape index (κ2) is 5.76. The van der Waals surface area contributed by atoms with Crippen molar-refractivity contribution in [1.82, 2.24) is 5.32 Å². The molecule has 0 heterocycles. The molecule has 0 unspecified atom stereocenters. The van der Waals surface area contributed by atoms with E-state index in [0.29, 0.717) is 28.3 Å². The molecule has 0 bridgehead atoms. The Morgan fingerprint density at radius 3 is 2.65 bits per heavy atom. The number of carbonyl (C=O) groups is 1. The first-order valence-corrected chi connectivity index (χ1v) is 5.94. The van der Waals surface area contributed by atoms with E-state index >= 15 is 0 Å². The van der Waals surface area contributed by atoms with E-state index in [9.17, 15) is 4.79 Å². The lowest BCUT2D eigenvalue weighted by Gasteiger charge is -2.10. The van der Waals surface area contributed by atoms with Crippen molar-refractivity contribution in [2.24, 2.45) is 0 Å². The Hall–Kier alpha value is -3.00. The predicted molar refractivity (Wildman–Crippen MR) is 75.5 cm³/mol. The Kier molecular flexibility index (Phi) is 3.87. The number of nitrogens with two attached hydrogens (primary N) is 1. The van der Waals surface area contributed by atoms with Crippen molar-refractivity contribution in [2.45, 2.75) is 0 Å². The molecule has 0 atom stereocenters. The number of amides is 1. The largest absolute Gasteiger partial charge is 0.454 e. The summed E-state index contributed by atoms with van der Waals surface area (Å²) in [5, 5.41) is 11.5. The third-order valence-corrected chi connectivity index (χ3v) is 2.73. The van der Waals surface area contributed by atoms with Gasteiger partial charge in [-0.15, -0.1) is 0 Å². The van der Waals surface area contributed by atoms with Crippen LogP contribution in [0.3, 0.4) is 0 Å². The maximum atomic E-state index is 11.5. The topological polar surface area (TPSA) is 88.1 Å². The standard InChI is InChI=1S/C15H13N3O2/c1-18-15(19)10-6-7-14(12(17)8-10)20-13-5-3-2-4-11(13)9-16/h2-8H,17H2,1H3,(H,18,19). The number of hydrogen-bond donors (Lipinski definition) is 2. The number of hydrogen-bond acceptors (Lipinski definition) is 4. The lowest BCUT2D eigenvalue weighted by Crippen LogP contribution is -2.17. The van der Waals surface area contributed by atoms with Crippen LogP contribution in [0.25, 0.3) is 0 Å². The zero-order valence-electron chi connectivity index (χ0n) is 10.9. The summed E-state index contributed by atoms with van der Waals surface area (Å²) >= 11 is 0. The monoisotopic (exact) mass is 267 g/mol. The van der Waals surface area contributed by atoms with E-state index in [1.54, 1.807) is 43.4 Å². The molecule has 5 heteroatoms. The molecule has 3 N–H and O–H groups in total. The number of anilines is 1. The van der Waals surface area contributed by atoms with Gasteiger partial charge in [0.15, 0.2) is 0 Å². The number of nitrogens with one attached hydrogen (secondary N) is 1. The van der Waals surface area contributed by atoms with Crippen LogP contribution in [0.15, 0.2) is 42.5 Å². The number of ether oxygens (including phenoxy) is 1. The summed E-state index contributed by atoms with van der Waals surface area (Å²) in [4.78, 5) is 11.5. The molecule has 0 spiro atoms. The van der Waals surface area contributed by atoms with Gasteiger partial charge in [-0.1, -0.05) is 12.1 Å². The number of nitrogens with zero attached hydrogens (tertiary/aromatic N) is 1. The van der Waals surface area contributed by atoms with Crippen LogP contribution in [0.5, 0.6) is 11.5 Å². The fourth-order valence-corrected chi connectivity index (χ4v) is 1.69. The van der Waals surface area contributed by atoms with Gasteiger partial charge in [-0.2, -0.15) is 5.26 Å². The zero-order chi connectivity index (χ0) is 14.5. The number of carbonyl (C=O) groups excluding carboxylic acids is 1. The van der Waals surface area contributed by atoms with Crippen LogP contribution in [0.1, 0.15) is 15.9 Å². The molecule has 0 saturated carbocycles. The molecule has 5 nitrogen and oxygen atoms in total. The van der Waals surface area contributed by atoms with E-state index < -0.39 is 0 Å². The van der Waals surface area contributed by atoms with Gasteiger partial charge in [0.2, 0.25) is 0 Å². The maximum Gasteiger partial charge on any atom is 0.251 e. The Bertz CT molecular complexity index is 690. The summed E-state index contributed by atoms with van der Waals surface area (Å²) in [5.74, 6) is 0.607. The Labute approximate surface area is 116 Å². The molecular weight excluding hydrogens is 254 g/mol.